The molecule has 3 aromatic rings. The summed E-state index contributed by atoms with van der Waals surface area (Å²) in [5.74, 6) is 0. The van der Waals surface area contributed by atoms with Crippen LogP contribution in [0.1, 0.15) is 17.5 Å². The number of pyridine rings is 1. The molecule has 0 saturated heterocycles. The Morgan fingerprint density at radius 2 is 1.79 bits per heavy atom. The summed E-state index contributed by atoms with van der Waals surface area (Å²) < 4.78 is 0. The number of aromatic amines is 1. The van der Waals surface area contributed by atoms with E-state index in [0.29, 0.717) is 6.04 Å². The molecule has 3 heteroatoms. The number of hydrogen-bond donors (Lipinski definition) is 2. The third-order valence-electron chi connectivity index (χ3n) is 4.65. The van der Waals surface area contributed by atoms with E-state index in [9.17, 15) is 4.79 Å². The lowest BCUT2D eigenvalue weighted by atomic mass is 9.92. The molecule has 0 radical (unpaired) electrons. The zero-order valence-corrected chi connectivity index (χ0v) is 13.5. The van der Waals surface area contributed by atoms with E-state index in [4.69, 9.17) is 0 Å². The maximum absolute atomic E-state index is 12.5. The summed E-state index contributed by atoms with van der Waals surface area (Å²) in [4.78, 5) is 15.5. The highest BCUT2D eigenvalue weighted by Crippen LogP contribution is 2.23. The number of para-hydroxylation sites is 1. The van der Waals surface area contributed by atoms with Gasteiger partial charge in [0.25, 0.3) is 5.56 Å². The Kier molecular flexibility index (Phi) is 4.01. The van der Waals surface area contributed by atoms with Crippen LogP contribution in [-0.4, -0.2) is 17.6 Å². The molecule has 120 valence electrons. The Morgan fingerprint density at radius 1 is 1.00 bits per heavy atom. The van der Waals surface area contributed by atoms with Gasteiger partial charge in [0.2, 0.25) is 0 Å². The van der Waals surface area contributed by atoms with Crippen LogP contribution in [0, 0.1) is 0 Å². The first-order valence-corrected chi connectivity index (χ1v) is 8.38. The van der Waals surface area contributed by atoms with Crippen molar-refractivity contribution in [2.45, 2.75) is 18.9 Å². The number of nitrogens with one attached hydrogen (secondary N) is 2. The fraction of sp³-hybridized carbons (Fsp3) is 0.190. The van der Waals surface area contributed by atoms with Crippen LogP contribution in [0.5, 0.6) is 0 Å². The molecule has 2 N–H and O–H groups in total. The molecule has 1 aliphatic rings. The Hall–Kier alpha value is -2.65. The van der Waals surface area contributed by atoms with Gasteiger partial charge in [0.15, 0.2) is 0 Å². The molecule has 0 bridgehead atoms. The van der Waals surface area contributed by atoms with Crippen molar-refractivity contribution in [3.05, 3.63) is 88.2 Å². The van der Waals surface area contributed by atoms with Crippen LogP contribution in [0.25, 0.3) is 16.5 Å². The highest BCUT2D eigenvalue weighted by atomic mass is 16.1. The van der Waals surface area contributed by atoms with Crippen LogP contribution in [0.3, 0.4) is 0 Å². The lowest BCUT2D eigenvalue weighted by Gasteiger charge is -2.24. The van der Waals surface area contributed by atoms with Gasteiger partial charge in [0.05, 0.1) is 0 Å². The monoisotopic (exact) mass is 316 g/mol. The van der Waals surface area contributed by atoms with E-state index in [1.165, 1.54) is 5.56 Å². The minimum Gasteiger partial charge on any atom is -0.321 e. The van der Waals surface area contributed by atoms with Crippen LogP contribution in [0.2, 0.25) is 0 Å². The number of hydrogen-bond acceptors (Lipinski definition) is 2. The topological polar surface area (TPSA) is 44.9 Å². The van der Waals surface area contributed by atoms with Gasteiger partial charge < -0.3 is 10.3 Å². The normalized spacial score (nSPS) is 17.7. The molecule has 1 atom stereocenters. The molecule has 24 heavy (non-hydrogen) atoms. The Morgan fingerprint density at radius 3 is 2.67 bits per heavy atom. The Labute approximate surface area is 141 Å². The third-order valence-corrected chi connectivity index (χ3v) is 4.65. The Balaban J connectivity index is 1.61. The summed E-state index contributed by atoms with van der Waals surface area (Å²) in [5.41, 5.74) is 4.15. The van der Waals surface area contributed by atoms with Gasteiger partial charge in [-0.2, -0.15) is 0 Å². The number of H-pyrrole nitrogens is 1. The van der Waals surface area contributed by atoms with Crippen LogP contribution < -0.4 is 10.9 Å². The van der Waals surface area contributed by atoms with Gasteiger partial charge in [-0.15, -0.1) is 0 Å². The molecule has 2 heterocycles. The lowest BCUT2D eigenvalue weighted by molar-refractivity contribution is 0.533. The predicted octanol–water partition coefficient (Wildman–Crippen LogP) is 3.52. The van der Waals surface area contributed by atoms with Gasteiger partial charge in [-0.05, 0) is 41.5 Å². The fourth-order valence-electron chi connectivity index (χ4n) is 3.42. The van der Waals surface area contributed by atoms with E-state index in [-0.39, 0.29) is 5.56 Å². The first-order valence-electron chi connectivity index (χ1n) is 8.38. The van der Waals surface area contributed by atoms with E-state index >= 15 is 0 Å². The van der Waals surface area contributed by atoms with Crippen LogP contribution >= 0.6 is 0 Å². The fourth-order valence-corrected chi connectivity index (χ4v) is 3.42. The quantitative estimate of drug-likeness (QED) is 0.776. The molecule has 0 spiro atoms. The second kappa shape index (κ2) is 6.46. The second-order valence-corrected chi connectivity index (χ2v) is 6.33. The van der Waals surface area contributed by atoms with E-state index in [1.807, 2.05) is 36.4 Å². The zero-order chi connectivity index (χ0) is 16.4. The first kappa shape index (κ1) is 14.9. The standard InChI is InChI=1S/C21H20N2O/c24-21-19(14-17-8-4-5-9-20(17)23-21)16-10-11-22-18(13-16)12-15-6-2-1-3-7-15/h1-10,14,18,22H,11-13H2,(H,23,24). The minimum atomic E-state index is 0.000288. The summed E-state index contributed by atoms with van der Waals surface area (Å²) in [6.45, 7) is 0.805. The zero-order valence-electron chi connectivity index (χ0n) is 13.5. The number of aromatic nitrogens is 1. The van der Waals surface area contributed by atoms with Crippen molar-refractivity contribution in [1.82, 2.24) is 10.3 Å². The molecule has 3 nitrogen and oxygen atoms in total. The lowest BCUT2D eigenvalue weighted by Crippen LogP contribution is -2.35. The van der Waals surface area contributed by atoms with Gasteiger partial charge >= 0.3 is 0 Å². The predicted molar refractivity (Wildman–Crippen MR) is 99.1 cm³/mol. The van der Waals surface area contributed by atoms with Crippen molar-refractivity contribution in [2.24, 2.45) is 0 Å². The van der Waals surface area contributed by atoms with Crippen LogP contribution in [0.4, 0.5) is 0 Å². The smallest absolute Gasteiger partial charge is 0.255 e. The summed E-state index contributed by atoms with van der Waals surface area (Å²) >= 11 is 0. The van der Waals surface area contributed by atoms with Crippen molar-refractivity contribution in [3.63, 3.8) is 0 Å². The second-order valence-electron chi connectivity index (χ2n) is 6.33. The maximum atomic E-state index is 12.5. The van der Waals surface area contributed by atoms with E-state index in [0.717, 1.165) is 41.4 Å². The molecule has 0 fully saturated rings. The van der Waals surface area contributed by atoms with Crippen LogP contribution in [0.15, 0.2) is 71.5 Å². The van der Waals surface area contributed by atoms with E-state index in [1.54, 1.807) is 0 Å². The number of rotatable bonds is 3. The molecule has 1 aromatic heterocycles. The van der Waals surface area contributed by atoms with Crippen molar-refractivity contribution in [1.29, 1.82) is 0 Å². The molecule has 1 unspecified atom stereocenters. The van der Waals surface area contributed by atoms with Gasteiger partial charge in [-0.1, -0.05) is 54.6 Å². The van der Waals surface area contributed by atoms with Gasteiger partial charge in [0.1, 0.15) is 0 Å². The largest absolute Gasteiger partial charge is 0.321 e. The average Bonchev–Trinajstić information content (AvgIpc) is 2.62. The molecule has 0 saturated carbocycles. The van der Waals surface area contributed by atoms with E-state index in [2.05, 4.69) is 40.6 Å². The summed E-state index contributed by atoms with van der Waals surface area (Å²) in [6, 6.07) is 20.8. The maximum Gasteiger partial charge on any atom is 0.255 e. The van der Waals surface area contributed by atoms with Gasteiger partial charge in [0, 0.05) is 23.7 Å². The molecule has 2 aromatic carbocycles. The van der Waals surface area contributed by atoms with Crippen molar-refractivity contribution in [2.75, 3.05) is 6.54 Å². The highest BCUT2D eigenvalue weighted by molar-refractivity contribution is 5.82. The molecule has 4 rings (SSSR count). The first-order chi connectivity index (χ1) is 11.8. The number of benzene rings is 2. The molecule has 0 amide bonds. The van der Waals surface area contributed by atoms with Crippen molar-refractivity contribution >= 4 is 16.5 Å². The minimum absolute atomic E-state index is 0.000288. The van der Waals surface area contributed by atoms with Crippen LogP contribution in [-0.2, 0) is 6.42 Å². The molecule has 1 aliphatic heterocycles. The highest BCUT2D eigenvalue weighted by Gasteiger charge is 2.18. The average molecular weight is 316 g/mol. The van der Waals surface area contributed by atoms with Crippen molar-refractivity contribution in [3.8, 4) is 0 Å². The Bertz CT molecular complexity index is 941. The van der Waals surface area contributed by atoms with E-state index < -0.39 is 0 Å². The van der Waals surface area contributed by atoms with Gasteiger partial charge in [-0.25, -0.2) is 0 Å². The molecular formula is C21H20N2O. The SMILES string of the molecule is O=c1[nH]c2ccccc2cc1C1=CCNC(Cc2ccccc2)C1. The van der Waals surface area contributed by atoms with Crippen molar-refractivity contribution < 1.29 is 0 Å². The molecule has 0 aliphatic carbocycles. The van der Waals surface area contributed by atoms with Gasteiger partial charge in [-0.3, -0.25) is 4.79 Å². The summed E-state index contributed by atoms with van der Waals surface area (Å²) in [6.07, 6.45) is 3.99. The number of fused-ring (bicyclic) bond motifs is 1. The summed E-state index contributed by atoms with van der Waals surface area (Å²) in [5, 5.41) is 4.61. The summed E-state index contributed by atoms with van der Waals surface area (Å²) in [7, 11) is 0. The third kappa shape index (κ3) is 3.03. The molecular weight excluding hydrogens is 296 g/mol.